The Balaban J connectivity index is 2.18. The zero-order valence-corrected chi connectivity index (χ0v) is 18.5. The van der Waals surface area contributed by atoms with Crippen LogP contribution in [0, 0.1) is 0 Å². The summed E-state index contributed by atoms with van der Waals surface area (Å²) in [5.74, 6) is 0. The Morgan fingerprint density at radius 3 is 1.00 bits per heavy atom. The molecule has 0 N–H and O–H groups in total. The topological polar surface area (TPSA) is 9.72 Å². The Bertz CT molecular complexity index is 812. The van der Waals surface area contributed by atoms with Gasteiger partial charge < -0.3 is 14.7 Å². The predicted molar refractivity (Wildman–Crippen MR) is 124 cm³/mol. The predicted octanol–water partition coefficient (Wildman–Crippen LogP) is 4.98. The van der Waals surface area contributed by atoms with E-state index < -0.39 is 0 Å². The summed E-state index contributed by atoms with van der Waals surface area (Å²) < 4.78 is 0. The number of nitrogens with zero attached hydrogens (tertiary/aromatic N) is 3. The molecule has 0 unspecified atom stereocenters. The van der Waals surface area contributed by atoms with Crippen LogP contribution in [0.2, 0.25) is 0 Å². The molecule has 0 fully saturated rings. The minimum atomic E-state index is -0.175. The van der Waals surface area contributed by atoms with Gasteiger partial charge in [0.1, 0.15) is 0 Å². The fraction of sp³-hybridized carbons (Fsp3) is 0.250. The number of hydrogen-bond acceptors (Lipinski definition) is 3. The molecule has 0 amide bonds. The normalized spacial score (nSPS) is 10.8. The first-order chi connectivity index (χ1) is 13.4. The first-order valence-electron chi connectivity index (χ1n) is 9.43. The molecule has 0 atom stereocenters. The molecule has 3 rings (SSSR count). The number of rotatable bonds is 6. The molecule has 0 aromatic heterocycles. The van der Waals surface area contributed by atoms with Crippen molar-refractivity contribution in [1.82, 2.24) is 0 Å². The van der Waals surface area contributed by atoms with Crippen molar-refractivity contribution in [2.75, 3.05) is 57.0 Å². The molecule has 0 saturated carbocycles. The van der Waals surface area contributed by atoms with Crippen molar-refractivity contribution in [3.05, 3.63) is 72.8 Å². The van der Waals surface area contributed by atoms with Gasteiger partial charge in [0.2, 0.25) is 0 Å². The molecule has 0 aliphatic carbocycles. The van der Waals surface area contributed by atoms with E-state index in [1.54, 1.807) is 0 Å². The van der Waals surface area contributed by atoms with Gasteiger partial charge in [-0.2, -0.15) is 0 Å². The first kappa shape index (κ1) is 20.2. The van der Waals surface area contributed by atoms with E-state index in [9.17, 15) is 0 Å². The number of hydrogen-bond donors (Lipinski definition) is 0. The van der Waals surface area contributed by atoms with Gasteiger partial charge in [0, 0.05) is 77.5 Å². The van der Waals surface area contributed by atoms with Gasteiger partial charge in [0.25, 0.3) is 0 Å². The van der Waals surface area contributed by atoms with Crippen LogP contribution in [0.4, 0.5) is 17.1 Å². The molecule has 0 heterocycles. The van der Waals surface area contributed by atoms with E-state index in [1.165, 1.54) is 31.7 Å². The lowest BCUT2D eigenvalue weighted by Crippen LogP contribution is -2.13. The van der Waals surface area contributed by atoms with Crippen molar-refractivity contribution in [3.8, 4) is 0 Å². The average molecular weight is 393 g/mol. The van der Waals surface area contributed by atoms with Crippen LogP contribution in [0.25, 0.3) is 0 Å². The Morgan fingerprint density at radius 2 is 0.750 bits per heavy atom. The highest BCUT2D eigenvalue weighted by atomic mass is 32.2. The maximum atomic E-state index is 2.31. The second-order valence-electron chi connectivity index (χ2n) is 7.48. The van der Waals surface area contributed by atoms with Gasteiger partial charge in [-0.15, -0.1) is 0 Å². The molecule has 0 aliphatic rings. The average Bonchev–Trinajstić information content (AvgIpc) is 2.69. The minimum absolute atomic E-state index is 0.175. The molecule has 0 saturated heterocycles. The van der Waals surface area contributed by atoms with E-state index in [1.807, 2.05) is 0 Å². The highest BCUT2D eigenvalue weighted by Gasteiger charge is 2.30. The van der Waals surface area contributed by atoms with E-state index >= 15 is 0 Å². The van der Waals surface area contributed by atoms with Crippen molar-refractivity contribution in [2.45, 2.75) is 14.7 Å². The Kier molecular flexibility index (Phi) is 6.20. The third-order valence-corrected chi connectivity index (χ3v) is 6.89. The van der Waals surface area contributed by atoms with Gasteiger partial charge in [-0.1, -0.05) is 18.2 Å². The smallest absolute Gasteiger partial charge is 0.168 e. The third kappa shape index (κ3) is 4.45. The van der Waals surface area contributed by atoms with Crippen LogP contribution >= 0.6 is 0 Å². The summed E-state index contributed by atoms with van der Waals surface area (Å²) in [5, 5.41) is 0. The van der Waals surface area contributed by atoms with Gasteiger partial charge >= 0.3 is 0 Å². The van der Waals surface area contributed by atoms with Gasteiger partial charge in [-0.25, -0.2) is 0 Å². The maximum Gasteiger partial charge on any atom is 0.168 e. The van der Waals surface area contributed by atoms with Gasteiger partial charge in [0.05, 0.1) is 10.9 Å². The summed E-state index contributed by atoms with van der Waals surface area (Å²) in [5.41, 5.74) is 3.67. The molecular weight excluding hydrogens is 362 g/mol. The SMILES string of the molecule is CN(C)c1cccc([S+](c2cccc(N(C)C)c2)c2cccc(N(C)C)c2)c1. The van der Waals surface area contributed by atoms with Crippen LogP contribution < -0.4 is 14.7 Å². The lowest BCUT2D eigenvalue weighted by Gasteiger charge is -2.17. The quantitative estimate of drug-likeness (QED) is 0.548. The molecule has 3 aromatic carbocycles. The Hall–Kier alpha value is -2.59. The molecule has 0 bridgehead atoms. The van der Waals surface area contributed by atoms with Crippen LogP contribution in [-0.4, -0.2) is 42.3 Å². The molecule has 28 heavy (non-hydrogen) atoms. The van der Waals surface area contributed by atoms with E-state index in [2.05, 4.69) is 130 Å². The Labute approximate surface area is 172 Å². The summed E-state index contributed by atoms with van der Waals surface area (Å²) >= 11 is 0. The second-order valence-corrected chi connectivity index (χ2v) is 9.51. The summed E-state index contributed by atoms with van der Waals surface area (Å²) in [6, 6.07) is 26.7. The van der Waals surface area contributed by atoms with E-state index in [0.29, 0.717) is 0 Å². The second kappa shape index (κ2) is 8.61. The maximum absolute atomic E-state index is 2.31. The first-order valence-corrected chi connectivity index (χ1v) is 10.7. The molecule has 0 spiro atoms. The molecular formula is C24H30N3S+. The van der Waals surface area contributed by atoms with Gasteiger partial charge in [0.15, 0.2) is 14.7 Å². The fourth-order valence-corrected chi connectivity index (χ4v) is 5.25. The molecule has 146 valence electrons. The highest BCUT2D eigenvalue weighted by Crippen LogP contribution is 2.35. The van der Waals surface area contributed by atoms with Gasteiger partial charge in [-0.3, -0.25) is 0 Å². The van der Waals surface area contributed by atoms with Crippen LogP contribution in [-0.2, 0) is 10.9 Å². The van der Waals surface area contributed by atoms with E-state index in [-0.39, 0.29) is 10.9 Å². The number of anilines is 3. The summed E-state index contributed by atoms with van der Waals surface area (Å²) in [6.45, 7) is 0. The summed E-state index contributed by atoms with van der Waals surface area (Å²) in [4.78, 5) is 10.5. The minimum Gasteiger partial charge on any atom is -0.378 e. The molecule has 0 aliphatic heterocycles. The van der Waals surface area contributed by atoms with Crippen molar-refractivity contribution in [3.63, 3.8) is 0 Å². The van der Waals surface area contributed by atoms with Crippen LogP contribution in [0.5, 0.6) is 0 Å². The lowest BCUT2D eigenvalue weighted by atomic mass is 10.3. The standard InChI is InChI=1S/C24H30N3S/c1-25(2)19-10-7-13-22(16-19)28(23-14-8-11-20(17-23)26(3)4)24-15-9-12-21(18-24)27(5)6/h7-18H,1-6H3/q+1. The van der Waals surface area contributed by atoms with Crippen molar-refractivity contribution >= 4 is 28.0 Å². The van der Waals surface area contributed by atoms with Gasteiger partial charge in [-0.05, 0) is 36.4 Å². The zero-order valence-electron chi connectivity index (χ0n) is 17.7. The van der Waals surface area contributed by atoms with E-state index in [0.717, 1.165) is 0 Å². The largest absolute Gasteiger partial charge is 0.378 e. The zero-order chi connectivity index (χ0) is 20.3. The van der Waals surface area contributed by atoms with Crippen LogP contribution in [0.3, 0.4) is 0 Å². The Morgan fingerprint density at radius 1 is 0.464 bits per heavy atom. The van der Waals surface area contributed by atoms with Crippen molar-refractivity contribution < 1.29 is 0 Å². The van der Waals surface area contributed by atoms with Crippen molar-refractivity contribution in [2.24, 2.45) is 0 Å². The molecule has 0 radical (unpaired) electrons. The summed E-state index contributed by atoms with van der Waals surface area (Å²) in [6.07, 6.45) is 0. The van der Waals surface area contributed by atoms with E-state index in [4.69, 9.17) is 0 Å². The fourth-order valence-electron chi connectivity index (χ4n) is 3.07. The van der Waals surface area contributed by atoms with Crippen molar-refractivity contribution in [1.29, 1.82) is 0 Å². The summed E-state index contributed by atoms with van der Waals surface area (Å²) in [7, 11) is 12.4. The molecule has 4 heteroatoms. The third-order valence-electron chi connectivity index (χ3n) is 4.71. The molecule has 3 nitrogen and oxygen atoms in total. The number of benzene rings is 3. The lowest BCUT2D eigenvalue weighted by molar-refractivity contribution is 1.11. The van der Waals surface area contributed by atoms with Crippen LogP contribution in [0.1, 0.15) is 0 Å². The van der Waals surface area contributed by atoms with Crippen LogP contribution in [0.15, 0.2) is 87.5 Å². The monoisotopic (exact) mass is 392 g/mol. The highest BCUT2D eigenvalue weighted by molar-refractivity contribution is 7.97. The molecule has 3 aromatic rings.